The largest absolute Gasteiger partial charge is 0.291 e. The summed E-state index contributed by atoms with van der Waals surface area (Å²) >= 11 is 0. The van der Waals surface area contributed by atoms with Gasteiger partial charge in [-0.3, -0.25) is 4.40 Å². The van der Waals surface area contributed by atoms with Crippen LogP contribution in [0, 0.1) is 13.7 Å². The van der Waals surface area contributed by atoms with E-state index < -0.39 is 13.7 Å². The van der Waals surface area contributed by atoms with E-state index in [0.717, 1.165) is 38.4 Å². The van der Waals surface area contributed by atoms with Crippen LogP contribution in [0.2, 0.25) is 0 Å². The molecule has 2 aromatic heterocycles. The van der Waals surface area contributed by atoms with Crippen molar-refractivity contribution in [1.29, 1.82) is 0 Å². The quantitative estimate of drug-likeness (QED) is 0.273. The molecule has 0 saturated carbocycles. The molecular formula is C29H30N2. The number of nitrogens with zero attached hydrogens (tertiary/aromatic N) is 2. The van der Waals surface area contributed by atoms with Gasteiger partial charge < -0.3 is 0 Å². The van der Waals surface area contributed by atoms with Crippen LogP contribution in [0.25, 0.3) is 38.6 Å². The van der Waals surface area contributed by atoms with Crippen LogP contribution in [0.5, 0.6) is 0 Å². The second kappa shape index (κ2) is 7.23. The summed E-state index contributed by atoms with van der Waals surface area (Å²) in [6.45, 7) is 3.72. The normalized spacial score (nSPS) is 15.8. The minimum Gasteiger partial charge on any atom is -0.291 e. The molecule has 0 aliphatic rings. The average Bonchev–Trinajstić information content (AvgIpc) is 3.24. The molecule has 0 bridgehead atoms. The van der Waals surface area contributed by atoms with Gasteiger partial charge in [-0.15, -0.1) is 0 Å². The van der Waals surface area contributed by atoms with E-state index in [1.807, 2.05) is 34.7 Å². The molecule has 0 radical (unpaired) electrons. The molecule has 5 rings (SSSR count). The van der Waals surface area contributed by atoms with E-state index >= 15 is 0 Å². The molecule has 156 valence electrons. The smallest absolute Gasteiger partial charge is 0.145 e. The molecule has 3 aromatic carbocycles. The summed E-state index contributed by atoms with van der Waals surface area (Å²) in [5.41, 5.74) is 5.14. The molecule has 0 aliphatic heterocycles. The molecule has 0 saturated heterocycles. The number of aromatic nitrogens is 2. The Morgan fingerprint density at radius 3 is 2.13 bits per heavy atom. The Bertz CT molecular complexity index is 1630. The van der Waals surface area contributed by atoms with Gasteiger partial charge in [0.2, 0.25) is 0 Å². The maximum Gasteiger partial charge on any atom is 0.145 e. The summed E-state index contributed by atoms with van der Waals surface area (Å²) in [5.74, 6) is 0.301. The van der Waals surface area contributed by atoms with Gasteiger partial charge in [-0.2, -0.15) is 0 Å². The Morgan fingerprint density at radius 1 is 0.774 bits per heavy atom. The highest BCUT2D eigenvalue weighted by molar-refractivity contribution is 6.12. The summed E-state index contributed by atoms with van der Waals surface area (Å²) in [6.07, 6.45) is 0. The van der Waals surface area contributed by atoms with Crippen LogP contribution in [0.3, 0.4) is 0 Å². The third-order valence-corrected chi connectivity index (χ3v) is 6.18. The first-order chi connectivity index (χ1) is 17.3. The lowest BCUT2D eigenvalue weighted by Gasteiger charge is -2.21. The van der Waals surface area contributed by atoms with E-state index in [-0.39, 0.29) is 23.1 Å². The highest BCUT2D eigenvalue weighted by Gasteiger charge is 2.23. The van der Waals surface area contributed by atoms with E-state index in [4.69, 9.17) is 13.2 Å². The van der Waals surface area contributed by atoms with E-state index in [1.54, 1.807) is 18.2 Å². The lowest BCUT2D eigenvalue weighted by molar-refractivity contribution is 0.835. The van der Waals surface area contributed by atoms with Gasteiger partial charge in [-0.25, -0.2) is 4.98 Å². The molecule has 2 heteroatoms. The first-order valence-corrected chi connectivity index (χ1v) is 10.8. The van der Waals surface area contributed by atoms with Gasteiger partial charge in [-0.05, 0) is 54.2 Å². The maximum absolute atomic E-state index is 8.47. The minimum atomic E-state index is -2.45. The molecule has 0 aliphatic carbocycles. The SMILES string of the molecule is [2H]C([2H])([2H])c1ccc2c(c1)c1ccccc1c1nc(C([2H])([2H])[2H])c(-c3c(C(C)C)cccc3C(C)C)n21. The van der Waals surface area contributed by atoms with E-state index in [0.29, 0.717) is 11.3 Å². The molecule has 5 aromatic rings. The van der Waals surface area contributed by atoms with Crippen LogP contribution >= 0.6 is 0 Å². The number of aryl methyl sites for hydroxylation is 2. The summed E-state index contributed by atoms with van der Waals surface area (Å²) < 4.78 is 51.3. The predicted octanol–water partition coefficient (Wildman–Crippen LogP) is 8.17. The number of fused-ring (bicyclic) bond motifs is 6. The lowest BCUT2D eigenvalue weighted by Crippen LogP contribution is -2.03. The maximum atomic E-state index is 8.47. The first kappa shape index (κ1) is 14.0. The van der Waals surface area contributed by atoms with Crippen molar-refractivity contribution >= 4 is 27.3 Å². The Labute approximate surface area is 193 Å². The third kappa shape index (κ3) is 2.96. The molecule has 0 amide bonds. The zero-order valence-corrected chi connectivity index (χ0v) is 18.3. The van der Waals surface area contributed by atoms with Crippen molar-refractivity contribution < 1.29 is 8.22 Å². The summed E-state index contributed by atoms with van der Waals surface area (Å²) in [7, 11) is 0. The highest BCUT2D eigenvalue weighted by Crippen LogP contribution is 2.41. The Morgan fingerprint density at radius 2 is 1.48 bits per heavy atom. The molecule has 0 spiro atoms. The Kier molecular flexibility index (Phi) is 3.27. The number of benzene rings is 3. The van der Waals surface area contributed by atoms with Crippen molar-refractivity contribution in [2.24, 2.45) is 0 Å². The fraction of sp³-hybridized carbons (Fsp3) is 0.276. The molecular weight excluding hydrogens is 376 g/mol. The summed E-state index contributed by atoms with van der Waals surface area (Å²) in [6, 6.07) is 18.9. The van der Waals surface area contributed by atoms with Gasteiger partial charge in [0, 0.05) is 24.6 Å². The Balaban J connectivity index is 2.10. The summed E-state index contributed by atoms with van der Waals surface area (Å²) in [4.78, 5) is 4.80. The van der Waals surface area contributed by atoms with Crippen molar-refractivity contribution in [2.75, 3.05) is 0 Å². The number of pyridine rings is 1. The second-order valence-electron chi connectivity index (χ2n) is 8.87. The standard InChI is InChI=1S/C29H30N2/c1-17(2)21-12-9-13-22(18(3)4)27(21)28-20(6)30-29-24-11-8-7-10-23(24)25-16-19(5)14-15-26(25)31(28)29/h7-18H,1-6H3/i5D3,6D3. The number of hydrogen-bond acceptors (Lipinski definition) is 1. The highest BCUT2D eigenvalue weighted by atomic mass is 15.0. The molecule has 0 N–H and O–H groups in total. The van der Waals surface area contributed by atoms with Gasteiger partial charge in [0.15, 0.2) is 0 Å². The van der Waals surface area contributed by atoms with Crippen molar-refractivity contribution in [3.05, 3.63) is 83.0 Å². The lowest BCUT2D eigenvalue weighted by atomic mass is 9.86. The molecule has 0 unspecified atom stereocenters. The fourth-order valence-electron chi connectivity index (χ4n) is 4.75. The van der Waals surface area contributed by atoms with Crippen molar-refractivity contribution in [3.8, 4) is 11.3 Å². The van der Waals surface area contributed by atoms with Gasteiger partial charge in [0.1, 0.15) is 5.65 Å². The topological polar surface area (TPSA) is 17.3 Å². The van der Waals surface area contributed by atoms with Crippen molar-refractivity contribution in [3.63, 3.8) is 0 Å². The van der Waals surface area contributed by atoms with Crippen LogP contribution in [0.4, 0.5) is 0 Å². The second-order valence-corrected chi connectivity index (χ2v) is 8.87. The number of rotatable bonds is 3. The number of hydrogen-bond donors (Lipinski definition) is 0. The van der Waals surface area contributed by atoms with Gasteiger partial charge >= 0.3 is 0 Å². The zero-order chi connectivity index (χ0) is 26.9. The van der Waals surface area contributed by atoms with E-state index in [9.17, 15) is 0 Å². The zero-order valence-electron chi connectivity index (χ0n) is 24.3. The van der Waals surface area contributed by atoms with E-state index in [1.165, 1.54) is 0 Å². The predicted molar refractivity (Wildman–Crippen MR) is 133 cm³/mol. The molecule has 2 nitrogen and oxygen atoms in total. The van der Waals surface area contributed by atoms with Gasteiger partial charge in [-0.1, -0.05) is 81.8 Å². The van der Waals surface area contributed by atoms with Crippen LogP contribution in [0.15, 0.2) is 60.7 Å². The third-order valence-electron chi connectivity index (χ3n) is 6.18. The van der Waals surface area contributed by atoms with Crippen LogP contribution in [0.1, 0.15) is 70.1 Å². The van der Waals surface area contributed by atoms with Crippen LogP contribution < -0.4 is 0 Å². The molecule has 31 heavy (non-hydrogen) atoms. The minimum absolute atomic E-state index is 0.0556. The van der Waals surface area contributed by atoms with Crippen molar-refractivity contribution in [2.45, 2.75) is 53.2 Å². The molecule has 2 heterocycles. The summed E-state index contributed by atoms with van der Waals surface area (Å²) in [5, 5.41) is 2.37. The van der Waals surface area contributed by atoms with Crippen LogP contribution in [-0.2, 0) is 0 Å². The van der Waals surface area contributed by atoms with Crippen LogP contribution in [-0.4, -0.2) is 9.38 Å². The van der Waals surface area contributed by atoms with E-state index in [2.05, 4.69) is 39.8 Å². The first-order valence-electron chi connectivity index (χ1n) is 13.8. The molecule has 0 atom stereocenters. The number of imidazole rings is 1. The van der Waals surface area contributed by atoms with Gasteiger partial charge in [0.25, 0.3) is 0 Å². The Hall–Kier alpha value is -3.13. The van der Waals surface area contributed by atoms with Crippen molar-refractivity contribution in [1.82, 2.24) is 9.38 Å². The monoisotopic (exact) mass is 412 g/mol. The average molecular weight is 413 g/mol. The fourth-order valence-corrected chi connectivity index (χ4v) is 4.75. The molecule has 0 fully saturated rings. The van der Waals surface area contributed by atoms with Gasteiger partial charge in [0.05, 0.1) is 16.9 Å².